The Morgan fingerprint density at radius 3 is 2.58 bits per heavy atom. The summed E-state index contributed by atoms with van der Waals surface area (Å²) in [6.07, 6.45) is 3.88. The number of nitrogens with zero attached hydrogens (tertiary/aromatic N) is 2. The van der Waals surface area contributed by atoms with E-state index in [0.29, 0.717) is 0 Å². The molecule has 1 N–H and O–H groups in total. The SMILES string of the molecule is COC(=O)c1ccc(CN2C(=O)N/C(=C\c3cc([N+](=O)[O-])ccc3OC(=O)/C=C/c3ccccc3)C2=O)o1. The molecule has 4 rings (SSSR count). The summed E-state index contributed by atoms with van der Waals surface area (Å²) >= 11 is 0. The van der Waals surface area contributed by atoms with E-state index in [2.05, 4.69) is 10.1 Å². The molecule has 0 spiro atoms. The van der Waals surface area contributed by atoms with E-state index < -0.39 is 28.8 Å². The summed E-state index contributed by atoms with van der Waals surface area (Å²) in [6, 6.07) is 14.4. The molecule has 12 heteroatoms. The molecule has 12 nitrogen and oxygen atoms in total. The van der Waals surface area contributed by atoms with Gasteiger partial charge in [0.05, 0.1) is 18.6 Å². The first-order valence-electron chi connectivity index (χ1n) is 11.0. The van der Waals surface area contributed by atoms with Crippen molar-refractivity contribution in [3.05, 3.63) is 105 Å². The number of nitrogens with one attached hydrogen (secondary N) is 1. The van der Waals surface area contributed by atoms with Crippen molar-refractivity contribution in [1.82, 2.24) is 10.2 Å². The molecular formula is C26H19N3O9. The van der Waals surface area contributed by atoms with E-state index in [9.17, 15) is 29.3 Å². The van der Waals surface area contributed by atoms with Gasteiger partial charge in [-0.15, -0.1) is 0 Å². The average molecular weight is 517 g/mol. The fraction of sp³-hybridized carbons (Fsp3) is 0.0769. The van der Waals surface area contributed by atoms with Crippen LogP contribution in [0.3, 0.4) is 0 Å². The predicted molar refractivity (Wildman–Crippen MR) is 131 cm³/mol. The number of carbonyl (C=O) groups excluding carboxylic acids is 4. The molecule has 0 saturated carbocycles. The van der Waals surface area contributed by atoms with Crippen molar-refractivity contribution >= 4 is 41.7 Å². The van der Waals surface area contributed by atoms with Gasteiger partial charge in [-0.2, -0.15) is 0 Å². The van der Waals surface area contributed by atoms with Crippen LogP contribution in [0.4, 0.5) is 10.5 Å². The average Bonchev–Trinajstić information content (AvgIpc) is 3.49. The molecule has 0 radical (unpaired) electrons. The molecule has 192 valence electrons. The highest BCUT2D eigenvalue weighted by molar-refractivity contribution is 6.14. The first kappa shape index (κ1) is 25.6. The summed E-state index contributed by atoms with van der Waals surface area (Å²) in [6.45, 7) is -0.292. The van der Waals surface area contributed by atoms with E-state index in [0.717, 1.165) is 22.6 Å². The number of carbonyl (C=O) groups is 4. The maximum Gasteiger partial charge on any atom is 0.373 e. The number of hydrogen-bond acceptors (Lipinski definition) is 9. The summed E-state index contributed by atoms with van der Waals surface area (Å²) in [7, 11) is 1.18. The Bertz CT molecular complexity index is 1490. The summed E-state index contributed by atoms with van der Waals surface area (Å²) in [5.41, 5.74) is 0.227. The molecule has 3 aromatic rings. The minimum atomic E-state index is -0.785. The van der Waals surface area contributed by atoms with Gasteiger partial charge in [-0.25, -0.2) is 14.4 Å². The number of furan rings is 1. The molecule has 2 aromatic carbocycles. The van der Waals surface area contributed by atoms with E-state index in [1.807, 2.05) is 6.07 Å². The van der Waals surface area contributed by atoms with Crippen molar-refractivity contribution in [3.63, 3.8) is 0 Å². The molecule has 0 bridgehead atoms. The van der Waals surface area contributed by atoms with Gasteiger partial charge in [0, 0.05) is 23.8 Å². The lowest BCUT2D eigenvalue weighted by Crippen LogP contribution is -2.30. The number of amides is 3. The molecule has 1 aliphatic rings. The number of nitro groups is 1. The van der Waals surface area contributed by atoms with Gasteiger partial charge >= 0.3 is 18.0 Å². The van der Waals surface area contributed by atoms with Gasteiger partial charge in [-0.3, -0.25) is 19.8 Å². The normalized spacial score (nSPS) is 14.1. The number of ether oxygens (including phenoxy) is 2. The maximum atomic E-state index is 12.9. The van der Waals surface area contributed by atoms with Crippen LogP contribution in [-0.4, -0.2) is 40.8 Å². The fourth-order valence-electron chi connectivity index (χ4n) is 3.43. The van der Waals surface area contributed by atoms with Crippen molar-refractivity contribution in [2.75, 3.05) is 7.11 Å². The zero-order chi connectivity index (χ0) is 27.2. The minimum absolute atomic E-state index is 0.0112. The highest BCUT2D eigenvalue weighted by Crippen LogP contribution is 2.28. The van der Waals surface area contributed by atoms with Gasteiger partial charge in [0.1, 0.15) is 17.2 Å². The molecule has 1 aliphatic heterocycles. The predicted octanol–water partition coefficient (Wildman–Crippen LogP) is 3.69. The van der Waals surface area contributed by atoms with Crippen LogP contribution in [0.25, 0.3) is 12.2 Å². The van der Waals surface area contributed by atoms with Crippen LogP contribution in [-0.2, 0) is 20.9 Å². The van der Waals surface area contributed by atoms with Gasteiger partial charge in [0.15, 0.2) is 0 Å². The molecular weight excluding hydrogens is 498 g/mol. The molecule has 2 heterocycles. The molecule has 1 aromatic heterocycles. The fourth-order valence-corrected chi connectivity index (χ4v) is 3.43. The number of hydrogen-bond donors (Lipinski definition) is 1. The molecule has 0 aliphatic carbocycles. The molecule has 1 fully saturated rings. The first-order chi connectivity index (χ1) is 18.2. The molecule has 3 amide bonds. The van der Waals surface area contributed by atoms with E-state index in [1.54, 1.807) is 24.3 Å². The highest BCUT2D eigenvalue weighted by Gasteiger charge is 2.34. The van der Waals surface area contributed by atoms with Gasteiger partial charge in [-0.1, -0.05) is 30.3 Å². The Balaban J connectivity index is 1.57. The highest BCUT2D eigenvalue weighted by atomic mass is 16.6. The second-order valence-corrected chi connectivity index (χ2v) is 7.78. The van der Waals surface area contributed by atoms with Crippen molar-refractivity contribution < 1.29 is 38.0 Å². The van der Waals surface area contributed by atoms with Crippen LogP contribution in [0.1, 0.15) is 27.4 Å². The number of non-ortho nitro benzene ring substituents is 1. The van der Waals surface area contributed by atoms with Gasteiger partial charge in [-0.05, 0) is 35.9 Å². The monoisotopic (exact) mass is 517 g/mol. The smallest absolute Gasteiger partial charge is 0.373 e. The number of imide groups is 1. The summed E-state index contributed by atoms with van der Waals surface area (Å²) in [4.78, 5) is 60.8. The van der Waals surface area contributed by atoms with Crippen LogP contribution >= 0.6 is 0 Å². The lowest BCUT2D eigenvalue weighted by atomic mass is 10.1. The standard InChI is InChI=1S/C26H19N3O9/c1-36-25(32)22-11-9-19(37-22)15-28-24(31)20(27-26(28)33)14-17-13-18(29(34)35)8-10-21(17)38-23(30)12-7-16-5-3-2-4-6-16/h2-14H,15H2,1H3,(H,27,33)/b12-7+,20-14-. The minimum Gasteiger partial charge on any atom is -0.463 e. The number of esters is 2. The van der Waals surface area contributed by atoms with Gasteiger partial charge in [0.25, 0.3) is 11.6 Å². The Kier molecular flexibility index (Phi) is 7.43. The van der Waals surface area contributed by atoms with E-state index in [-0.39, 0.29) is 40.8 Å². The van der Waals surface area contributed by atoms with E-state index in [4.69, 9.17) is 9.15 Å². The number of methoxy groups -OCH3 is 1. The van der Waals surface area contributed by atoms with E-state index >= 15 is 0 Å². The largest absolute Gasteiger partial charge is 0.463 e. The Morgan fingerprint density at radius 2 is 1.87 bits per heavy atom. The second kappa shape index (κ2) is 11.0. The third-order valence-electron chi connectivity index (χ3n) is 5.25. The Labute approximate surface area is 214 Å². The van der Waals surface area contributed by atoms with Crippen molar-refractivity contribution in [2.45, 2.75) is 6.54 Å². The van der Waals surface area contributed by atoms with Crippen LogP contribution in [0.15, 0.2) is 76.9 Å². The molecule has 38 heavy (non-hydrogen) atoms. The van der Waals surface area contributed by atoms with Crippen molar-refractivity contribution in [2.24, 2.45) is 0 Å². The summed E-state index contributed by atoms with van der Waals surface area (Å²) in [5.74, 6) is -2.27. The molecule has 1 saturated heterocycles. The van der Waals surface area contributed by atoms with Crippen molar-refractivity contribution in [3.8, 4) is 5.75 Å². The summed E-state index contributed by atoms with van der Waals surface area (Å²) in [5, 5.41) is 13.7. The number of benzene rings is 2. The third kappa shape index (κ3) is 5.82. The number of rotatable bonds is 8. The summed E-state index contributed by atoms with van der Waals surface area (Å²) < 4.78 is 15.2. The van der Waals surface area contributed by atoms with Crippen LogP contribution in [0.2, 0.25) is 0 Å². The van der Waals surface area contributed by atoms with Gasteiger partial charge < -0.3 is 19.2 Å². The molecule has 0 unspecified atom stereocenters. The van der Waals surface area contributed by atoms with E-state index in [1.165, 1.54) is 43.5 Å². The Morgan fingerprint density at radius 1 is 1.11 bits per heavy atom. The lowest BCUT2D eigenvalue weighted by molar-refractivity contribution is -0.384. The van der Waals surface area contributed by atoms with Gasteiger partial charge in [0.2, 0.25) is 5.76 Å². The number of urea groups is 1. The van der Waals surface area contributed by atoms with Crippen LogP contribution < -0.4 is 10.1 Å². The quantitative estimate of drug-likeness (QED) is 0.117. The van der Waals surface area contributed by atoms with Crippen LogP contribution in [0.5, 0.6) is 5.75 Å². The zero-order valence-electron chi connectivity index (χ0n) is 19.8. The molecule has 0 atom stereocenters. The number of nitro benzene ring substituents is 1. The van der Waals surface area contributed by atoms with Crippen LogP contribution in [0, 0.1) is 10.1 Å². The topological polar surface area (TPSA) is 158 Å². The van der Waals surface area contributed by atoms with Crippen molar-refractivity contribution in [1.29, 1.82) is 0 Å². The third-order valence-corrected chi connectivity index (χ3v) is 5.25. The lowest BCUT2D eigenvalue weighted by Gasteiger charge is -2.09. The Hall–Kier alpha value is -5.52. The zero-order valence-corrected chi connectivity index (χ0v) is 19.8. The maximum absolute atomic E-state index is 12.9. The first-order valence-corrected chi connectivity index (χ1v) is 11.0. The second-order valence-electron chi connectivity index (χ2n) is 7.78.